The fourth-order valence-electron chi connectivity index (χ4n) is 2.78. The zero-order chi connectivity index (χ0) is 19.5. The number of thioether (sulfide) groups is 1. The maximum absolute atomic E-state index is 11.3. The lowest BCUT2D eigenvalue weighted by Crippen LogP contribution is -2.20. The summed E-state index contributed by atoms with van der Waals surface area (Å²) in [7, 11) is 1.98. The van der Waals surface area contributed by atoms with E-state index >= 15 is 0 Å². The number of anilines is 1. The Morgan fingerprint density at radius 2 is 2.00 bits per heavy atom. The van der Waals surface area contributed by atoms with Gasteiger partial charge in [-0.15, -0.1) is 11.8 Å². The second kappa shape index (κ2) is 8.12. The molecule has 8 heteroatoms. The summed E-state index contributed by atoms with van der Waals surface area (Å²) in [6.45, 7) is 0.810. The molecule has 0 bridgehead atoms. The van der Waals surface area contributed by atoms with Crippen molar-refractivity contribution in [2.75, 3.05) is 24.2 Å². The van der Waals surface area contributed by atoms with E-state index in [4.69, 9.17) is 4.42 Å². The highest BCUT2D eigenvalue weighted by molar-refractivity contribution is 7.99. The maximum Gasteiger partial charge on any atom is 0.307 e. The van der Waals surface area contributed by atoms with Gasteiger partial charge in [-0.1, -0.05) is 35.6 Å². The fourth-order valence-corrected chi connectivity index (χ4v) is 4.47. The number of aromatic amines is 1. The number of hydrogen-bond acceptors (Lipinski definition) is 7. The molecule has 0 atom stereocenters. The molecule has 2 N–H and O–H groups in total. The highest BCUT2D eigenvalue weighted by Gasteiger charge is 2.10. The predicted octanol–water partition coefficient (Wildman–Crippen LogP) is 4.10. The average Bonchev–Trinajstić information content (AvgIpc) is 3.26. The van der Waals surface area contributed by atoms with Crippen LogP contribution in [0.5, 0.6) is 5.88 Å². The Kier molecular flexibility index (Phi) is 5.40. The van der Waals surface area contributed by atoms with Crippen molar-refractivity contribution >= 4 is 40.2 Å². The largest absolute Gasteiger partial charge is 0.494 e. The van der Waals surface area contributed by atoms with E-state index in [9.17, 15) is 9.90 Å². The number of thiazole rings is 1. The molecule has 0 radical (unpaired) electrons. The third-order valence-electron chi connectivity index (χ3n) is 4.29. The molecule has 0 saturated heterocycles. The van der Waals surface area contributed by atoms with Crippen LogP contribution in [0.2, 0.25) is 0 Å². The number of oxazole rings is 1. The van der Waals surface area contributed by atoms with Crippen molar-refractivity contribution in [1.29, 1.82) is 0 Å². The minimum absolute atomic E-state index is 0.0318. The van der Waals surface area contributed by atoms with Gasteiger partial charge in [-0.3, -0.25) is 9.78 Å². The molecule has 0 aliphatic heterocycles. The summed E-state index contributed by atoms with van der Waals surface area (Å²) in [5.41, 5.74) is 2.72. The molecular formula is C20H19N3O3S2. The van der Waals surface area contributed by atoms with E-state index in [1.165, 1.54) is 4.90 Å². The molecule has 6 nitrogen and oxygen atoms in total. The number of aromatic hydroxyl groups is 1. The number of nitrogens with zero attached hydrogens (tertiary/aromatic N) is 2. The SMILES string of the molecule is CN(CCSc1ccc(Cc2sc(=O)[nH]c2O)cc1)c1nc2ccccc2o1. The van der Waals surface area contributed by atoms with Crippen molar-refractivity contribution in [3.05, 3.63) is 68.6 Å². The first kappa shape index (κ1) is 18.6. The summed E-state index contributed by atoms with van der Waals surface area (Å²) in [4.78, 5) is 21.8. The zero-order valence-electron chi connectivity index (χ0n) is 15.2. The smallest absolute Gasteiger partial charge is 0.307 e. The van der Waals surface area contributed by atoms with Crippen molar-refractivity contribution in [2.45, 2.75) is 11.3 Å². The first-order valence-corrected chi connectivity index (χ1v) is 10.6. The number of rotatable bonds is 7. The number of H-pyrrole nitrogens is 1. The van der Waals surface area contributed by atoms with Crippen LogP contribution in [0, 0.1) is 0 Å². The van der Waals surface area contributed by atoms with Gasteiger partial charge >= 0.3 is 4.87 Å². The van der Waals surface area contributed by atoms with Gasteiger partial charge in [-0.2, -0.15) is 4.98 Å². The van der Waals surface area contributed by atoms with Gasteiger partial charge in [0.15, 0.2) is 5.58 Å². The molecule has 0 aliphatic rings. The van der Waals surface area contributed by atoms with E-state index in [1.807, 2.05) is 48.3 Å². The van der Waals surface area contributed by atoms with E-state index in [-0.39, 0.29) is 10.8 Å². The summed E-state index contributed by atoms with van der Waals surface area (Å²) in [5, 5.41) is 9.69. The zero-order valence-corrected chi connectivity index (χ0v) is 16.8. The number of nitrogens with one attached hydrogen (secondary N) is 1. The highest BCUT2D eigenvalue weighted by atomic mass is 32.2. The van der Waals surface area contributed by atoms with Crippen LogP contribution in [-0.4, -0.2) is 34.4 Å². The molecule has 4 aromatic rings. The van der Waals surface area contributed by atoms with Crippen molar-refractivity contribution in [2.24, 2.45) is 0 Å². The number of aromatic nitrogens is 2. The van der Waals surface area contributed by atoms with Crippen LogP contribution in [0.4, 0.5) is 6.01 Å². The van der Waals surface area contributed by atoms with Crippen LogP contribution in [-0.2, 0) is 6.42 Å². The summed E-state index contributed by atoms with van der Waals surface area (Å²) < 4.78 is 5.78. The lowest BCUT2D eigenvalue weighted by Gasteiger charge is -2.13. The van der Waals surface area contributed by atoms with Gasteiger partial charge in [0.25, 0.3) is 6.01 Å². The molecule has 0 saturated carbocycles. The summed E-state index contributed by atoms with van der Waals surface area (Å²) in [6, 6.07) is 16.5. The van der Waals surface area contributed by atoms with Gasteiger partial charge in [-0.05, 0) is 29.8 Å². The number of fused-ring (bicyclic) bond motifs is 1. The Morgan fingerprint density at radius 1 is 1.21 bits per heavy atom. The molecule has 4 rings (SSSR count). The third-order valence-corrected chi connectivity index (χ3v) is 6.16. The molecule has 0 amide bonds. The maximum atomic E-state index is 11.3. The standard InChI is InChI=1S/C20H19N3O3S2/c1-23(19-21-15-4-2-3-5-16(15)26-19)10-11-27-14-8-6-13(7-9-14)12-17-18(24)22-20(25)28-17/h2-9,24H,10-12H2,1H3,(H,22,25). The van der Waals surface area contributed by atoms with E-state index < -0.39 is 0 Å². The number of benzene rings is 2. The third kappa shape index (κ3) is 4.23. The monoisotopic (exact) mass is 413 g/mol. The van der Waals surface area contributed by atoms with Gasteiger partial charge in [0, 0.05) is 30.7 Å². The molecule has 0 aliphatic carbocycles. The van der Waals surface area contributed by atoms with Gasteiger partial charge in [0.2, 0.25) is 5.88 Å². The topological polar surface area (TPSA) is 82.4 Å². The normalized spacial score (nSPS) is 11.2. The minimum atomic E-state index is -0.234. The molecule has 144 valence electrons. The minimum Gasteiger partial charge on any atom is -0.494 e. The Labute approximate surface area is 169 Å². The molecule has 0 fully saturated rings. The van der Waals surface area contributed by atoms with Gasteiger partial charge in [0.1, 0.15) is 5.52 Å². The number of hydrogen-bond donors (Lipinski definition) is 2. The molecular weight excluding hydrogens is 394 g/mol. The lowest BCUT2D eigenvalue weighted by molar-refractivity contribution is 0.451. The molecule has 0 unspecified atom stereocenters. The van der Waals surface area contributed by atoms with Gasteiger partial charge in [-0.25, -0.2) is 0 Å². The molecule has 28 heavy (non-hydrogen) atoms. The van der Waals surface area contributed by atoms with Crippen LogP contribution >= 0.6 is 23.1 Å². The fraction of sp³-hybridized carbons (Fsp3) is 0.200. The van der Waals surface area contributed by atoms with Crippen LogP contribution < -0.4 is 9.77 Å². The van der Waals surface area contributed by atoms with Crippen molar-refractivity contribution in [3.8, 4) is 5.88 Å². The Morgan fingerprint density at radius 3 is 2.71 bits per heavy atom. The van der Waals surface area contributed by atoms with E-state index in [1.54, 1.807) is 11.8 Å². The average molecular weight is 414 g/mol. The Bertz CT molecular complexity index is 1100. The van der Waals surface area contributed by atoms with E-state index in [0.717, 1.165) is 40.3 Å². The van der Waals surface area contributed by atoms with Crippen molar-refractivity contribution in [1.82, 2.24) is 9.97 Å². The Balaban J connectivity index is 1.31. The first-order valence-electron chi connectivity index (χ1n) is 8.78. The second-order valence-electron chi connectivity index (χ2n) is 6.34. The number of para-hydroxylation sites is 2. The molecule has 2 aromatic carbocycles. The summed E-state index contributed by atoms with van der Waals surface area (Å²) >= 11 is 2.80. The van der Waals surface area contributed by atoms with Crippen molar-refractivity contribution < 1.29 is 9.52 Å². The predicted molar refractivity (Wildman–Crippen MR) is 114 cm³/mol. The first-order chi connectivity index (χ1) is 13.6. The van der Waals surface area contributed by atoms with Gasteiger partial charge in [0.05, 0.1) is 4.88 Å². The summed E-state index contributed by atoms with van der Waals surface area (Å²) in [5.74, 6) is 0.866. The molecule has 2 aromatic heterocycles. The van der Waals surface area contributed by atoms with E-state index in [2.05, 4.69) is 22.1 Å². The van der Waals surface area contributed by atoms with Crippen LogP contribution in [0.1, 0.15) is 10.4 Å². The Hall–Kier alpha value is -2.71. The van der Waals surface area contributed by atoms with Crippen LogP contribution in [0.3, 0.4) is 0 Å². The van der Waals surface area contributed by atoms with E-state index in [0.29, 0.717) is 17.3 Å². The van der Waals surface area contributed by atoms with Gasteiger partial charge < -0.3 is 14.4 Å². The van der Waals surface area contributed by atoms with Crippen LogP contribution in [0.25, 0.3) is 11.1 Å². The quantitative estimate of drug-likeness (QED) is 0.444. The molecule has 2 heterocycles. The lowest BCUT2D eigenvalue weighted by atomic mass is 10.1. The summed E-state index contributed by atoms with van der Waals surface area (Å²) in [6.07, 6.45) is 0.542. The highest BCUT2D eigenvalue weighted by Crippen LogP contribution is 2.24. The second-order valence-corrected chi connectivity index (χ2v) is 8.58. The van der Waals surface area contributed by atoms with Crippen LogP contribution in [0.15, 0.2) is 62.6 Å². The van der Waals surface area contributed by atoms with Crippen molar-refractivity contribution in [3.63, 3.8) is 0 Å². The molecule has 0 spiro atoms.